The zero-order valence-electron chi connectivity index (χ0n) is 15.1. The lowest BCUT2D eigenvalue weighted by Gasteiger charge is -2.31. The number of halogens is 1. The average molecular weight is 396 g/mol. The fourth-order valence-corrected chi connectivity index (χ4v) is 4.70. The maximum Gasteiger partial charge on any atom is 0.240 e. The Morgan fingerprint density at radius 2 is 1.73 bits per heavy atom. The summed E-state index contributed by atoms with van der Waals surface area (Å²) in [5.41, 5.74) is 1.13. The van der Waals surface area contributed by atoms with Crippen LogP contribution in [0.25, 0.3) is 0 Å². The van der Waals surface area contributed by atoms with Crippen molar-refractivity contribution in [2.24, 2.45) is 7.05 Å². The second-order valence-electron chi connectivity index (χ2n) is 6.82. The molecule has 1 atom stereocenters. The zero-order valence-corrected chi connectivity index (χ0v) is 16.6. The SMILES string of the molecule is Cn1cccc1[C@H](CNS(=O)(=O)c1ccc(Cl)cc1)N1CCCCCC1. The van der Waals surface area contributed by atoms with E-state index in [1.807, 2.05) is 19.3 Å². The van der Waals surface area contributed by atoms with Crippen LogP contribution in [0.2, 0.25) is 5.02 Å². The van der Waals surface area contributed by atoms with E-state index in [0.717, 1.165) is 31.6 Å². The van der Waals surface area contributed by atoms with Gasteiger partial charge in [-0.2, -0.15) is 0 Å². The normalized spacial score (nSPS) is 17.8. The molecule has 0 bridgehead atoms. The summed E-state index contributed by atoms with van der Waals surface area (Å²) in [7, 11) is -1.56. The van der Waals surface area contributed by atoms with Gasteiger partial charge in [0.25, 0.3) is 0 Å². The first-order chi connectivity index (χ1) is 12.5. The van der Waals surface area contributed by atoms with Crippen molar-refractivity contribution in [1.82, 2.24) is 14.2 Å². The molecular weight excluding hydrogens is 370 g/mol. The topological polar surface area (TPSA) is 54.3 Å². The van der Waals surface area contributed by atoms with E-state index in [1.165, 1.54) is 25.0 Å². The van der Waals surface area contributed by atoms with Crippen LogP contribution in [0.5, 0.6) is 0 Å². The van der Waals surface area contributed by atoms with Crippen LogP contribution < -0.4 is 4.72 Å². The van der Waals surface area contributed by atoms with Gasteiger partial charge >= 0.3 is 0 Å². The lowest BCUT2D eigenvalue weighted by molar-refractivity contribution is 0.199. The van der Waals surface area contributed by atoms with Crippen molar-refractivity contribution in [2.75, 3.05) is 19.6 Å². The molecule has 1 N–H and O–H groups in total. The Kier molecular flexibility index (Phi) is 6.40. The van der Waals surface area contributed by atoms with Crippen molar-refractivity contribution in [1.29, 1.82) is 0 Å². The van der Waals surface area contributed by atoms with E-state index < -0.39 is 10.0 Å². The fraction of sp³-hybridized carbons (Fsp3) is 0.474. The molecule has 2 aromatic rings. The zero-order chi connectivity index (χ0) is 18.6. The first-order valence-electron chi connectivity index (χ1n) is 9.08. The molecule has 0 aliphatic carbocycles. The molecule has 0 spiro atoms. The molecule has 0 unspecified atom stereocenters. The summed E-state index contributed by atoms with van der Waals surface area (Å²) < 4.78 is 30.2. The molecule has 1 aromatic heterocycles. The van der Waals surface area contributed by atoms with Crippen LogP contribution in [-0.4, -0.2) is 37.5 Å². The Labute approximate surface area is 161 Å². The van der Waals surface area contributed by atoms with Gasteiger partial charge in [-0.3, -0.25) is 4.90 Å². The van der Waals surface area contributed by atoms with Crippen molar-refractivity contribution in [3.8, 4) is 0 Å². The molecule has 3 rings (SSSR count). The molecule has 5 nitrogen and oxygen atoms in total. The summed E-state index contributed by atoms with van der Waals surface area (Å²) in [5, 5.41) is 0.523. The lowest BCUT2D eigenvalue weighted by atomic mass is 10.1. The summed E-state index contributed by atoms with van der Waals surface area (Å²) in [6, 6.07) is 10.4. The first-order valence-corrected chi connectivity index (χ1v) is 10.9. The highest BCUT2D eigenvalue weighted by atomic mass is 35.5. The molecule has 1 saturated heterocycles. The van der Waals surface area contributed by atoms with Gasteiger partial charge in [0.2, 0.25) is 10.0 Å². The number of nitrogens with one attached hydrogen (secondary N) is 1. The van der Waals surface area contributed by atoms with Crippen molar-refractivity contribution >= 4 is 21.6 Å². The number of nitrogens with zero attached hydrogens (tertiary/aromatic N) is 2. The van der Waals surface area contributed by atoms with E-state index in [2.05, 4.69) is 20.3 Å². The largest absolute Gasteiger partial charge is 0.353 e. The van der Waals surface area contributed by atoms with Crippen molar-refractivity contribution in [2.45, 2.75) is 36.6 Å². The molecule has 1 aliphatic heterocycles. The van der Waals surface area contributed by atoms with Gasteiger partial charge in [-0.25, -0.2) is 13.1 Å². The number of aryl methyl sites for hydroxylation is 1. The van der Waals surface area contributed by atoms with Crippen molar-refractivity contribution in [3.05, 3.63) is 53.3 Å². The third-order valence-corrected chi connectivity index (χ3v) is 6.69. The maximum atomic E-state index is 12.7. The van der Waals surface area contributed by atoms with E-state index in [-0.39, 0.29) is 10.9 Å². The number of benzene rings is 1. The average Bonchev–Trinajstić information content (AvgIpc) is 2.86. The number of aromatic nitrogens is 1. The molecule has 0 saturated carbocycles. The highest BCUT2D eigenvalue weighted by Crippen LogP contribution is 2.25. The van der Waals surface area contributed by atoms with E-state index in [1.54, 1.807) is 12.1 Å². The van der Waals surface area contributed by atoms with Crippen LogP contribution in [0, 0.1) is 0 Å². The minimum Gasteiger partial charge on any atom is -0.353 e. The van der Waals surface area contributed by atoms with Crippen LogP contribution in [-0.2, 0) is 17.1 Å². The van der Waals surface area contributed by atoms with Gasteiger partial charge in [0.05, 0.1) is 10.9 Å². The fourth-order valence-electron chi connectivity index (χ4n) is 3.53. The van der Waals surface area contributed by atoms with E-state index in [9.17, 15) is 8.42 Å². The van der Waals surface area contributed by atoms with Crippen LogP contribution in [0.15, 0.2) is 47.5 Å². The predicted octanol–water partition coefficient (Wildman–Crippen LogP) is 3.57. The quantitative estimate of drug-likeness (QED) is 0.813. The summed E-state index contributed by atoms with van der Waals surface area (Å²) in [4.78, 5) is 2.65. The molecule has 1 aromatic carbocycles. The Hall–Kier alpha value is -1.34. The van der Waals surface area contributed by atoms with E-state index in [0.29, 0.717) is 11.6 Å². The Morgan fingerprint density at radius 1 is 1.08 bits per heavy atom. The summed E-state index contributed by atoms with van der Waals surface area (Å²) in [6.45, 7) is 2.35. The second kappa shape index (κ2) is 8.57. The highest BCUT2D eigenvalue weighted by Gasteiger charge is 2.25. The number of likely N-dealkylation sites (tertiary alicyclic amines) is 1. The summed E-state index contributed by atoms with van der Waals surface area (Å²) in [6.07, 6.45) is 6.81. The number of rotatable bonds is 6. The maximum absolute atomic E-state index is 12.7. The third-order valence-electron chi connectivity index (χ3n) is 5.00. The number of sulfonamides is 1. The molecule has 1 aliphatic rings. The molecule has 7 heteroatoms. The molecule has 142 valence electrons. The first kappa shape index (κ1) is 19.4. The Morgan fingerprint density at radius 3 is 2.31 bits per heavy atom. The van der Waals surface area contributed by atoms with Crippen LogP contribution in [0.1, 0.15) is 37.4 Å². The van der Waals surface area contributed by atoms with Gasteiger partial charge in [-0.15, -0.1) is 0 Å². The molecule has 1 fully saturated rings. The molecule has 2 heterocycles. The minimum atomic E-state index is -3.57. The van der Waals surface area contributed by atoms with Crippen LogP contribution in [0.4, 0.5) is 0 Å². The van der Waals surface area contributed by atoms with Crippen LogP contribution >= 0.6 is 11.6 Å². The van der Waals surface area contributed by atoms with Crippen molar-refractivity contribution in [3.63, 3.8) is 0 Å². The second-order valence-corrected chi connectivity index (χ2v) is 9.02. The van der Waals surface area contributed by atoms with E-state index >= 15 is 0 Å². The summed E-state index contributed by atoms with van der Waals surface area (Å²) in [5.74, 6) is 0. The highest BCUT2D eigenvalue weighted by molar-refractivity contribution is 7.89. The third kappa shape index (κ3) is 4.68. The minimum absolute atomic E-state index is 0.0233. The van der Waals surface area contributed by atoms with Crippen LogP contribution in [0.3, 0.4) is 0 Å². The number of hydrogen-bond donors (Lipinski definition) is 1. The van der Waals surface area contributed by atoms with Gasteiger partial charge in [-0.05, 0) is 62.3 Å². The lowest BCUT2D eigenvalue weighted by Crippen LogP contribution is -2.39. The number of hydrogen-bond acceptors (Lipinski definition) is 3. The van der Waals surface area contributed by atoms with Gasteiger partial charge in [-0.1, -0.05) is 24.4 Å². The predicted molar refractivity (Wildman–Crippen MR) is 105 cm³/mol. The van der Waals surface area contributed by atoms with Gasteiger partial charge in [0, 0.05) is 30.5 Å². The Bertz CT molecular complexity index is 810. The standard InChI is InChI=1S/C19H26ClN3O2S/c1-22-12-6-7-18(22)19(23-13-4-2-3-5-14-23)15-21-26(24,25)17-10-8-16(20)9-11-17/h6-12,19,21H,2-5,13-15H2,1H3/t19-/m0/s1. The molecule has 0 amide bonds. The molecule has 0 radical (unpaired) electrons. The smallest absolute Gasteiger partial charge is 0.240 e. The summed E-state index contributed by atoms with van der Waals surface area (Å²) >= 11 is 5.87. The van der Waals surface area contributed by atoms with E-state index in [4.69, 9.17) is 11.6 Å². The Balaban J connectivity index is 1.79. The van der Waals surface area contributed by atoms with Gasteiger partial charge in [0.15, 0.2) is 0 Å². The van der Waals surface area contributed by atoms with Gasteiger partial charge in [0.1, 0.15) is 0 Å². The van der Waals surface area contributed by atoms with Gasteiger partial charge < -0.3 is 4.57 Å². The van der Waals surface area contributed by atoms with Crippen molar-refractivity contribution < 1.29 is 8.42 Å². The molecule has 26 heavy (non-hydrogen) atoms. The molecular formula is C19H26ClN3O2S. The monoisotopic (exact) mass is 395 g/mol.